The minimum absolute atomic E-state index is 0.0997. The SMILES string of the molecule is CCCn1cc(C(CO)N2CCNCC2)cn1. The van der Waals surface area contributed by atoms with Crippen LogP contribution in [0.2, 0.25) is 0 Å². The summed E-state index contributed by atoms with van der Waals surface area (Å²) in [5, 5.41) is 17.2. The Labute approximate surface area is 102 Å². The largest absolute Gasteiger partial charge is 0.394 e. The van der Waals surface area contributed by atoms with Gasteiger partial charge in [0.15, 0.2) is 0 Å². The highest BCUT2D eigenvalue weighted by atomic mass is 16.3. The van der Waals surface area contributed by atoms with Crippen LogP contribution in [-0.2, 0) is 6.54 Å². The lowest BCUT2D eigenvalue weighted by molar-refractivity contribution is 0.111. The van der Waals surface area contributed by atoms with Crippen LogP contribution in [0.3, 0.4) is 0 Å². The summed E-state index contributed by atoms with van der Waals surface area (Å²) >= 11 is 0. The summed E-state index contributed by atoms with van der Waals surface area (Å²) in [5.41, 5.74) is 1.13. The molecule has 1 fully saturated rings. The predicted molar refractivity (Wildman–Crippen MR) is 66.8 cm³/mol. The number of aliphatic hydroxyl groups excluding tert-OH is 1. The highest BCUT2D eigenvalue weighted by molar-refractivity contribution is 5.11. The van der Waals surface area contributed by atoms with Crippen molar-refractivity contribution in [2.75, 3.05) is 32.8 Å². The zero-order valence-electron chi connectivity index (χ0n) is 10.5. The second-order valence-electron chi connectivity index (χ2n) is 4.52. The molecule has 2 N–H and O–H groups in total. The van der Waals surface area contributed by atoms with Gasteiger partial charge in [-0.25, -0.2) is 0 Å². The van der Waals surface area contributed by atoms with Gasteiger partial charge in [-0.2, -0.15) is 5.10 Å². The Morgan fingerprint density at radius 3 is 2.88 bits per heavy atom. The first-order valence-electron chi connectivity index (χ1n) is 6.43. The number of piperazine rings is 1. The molecule has 17 heavy (non-hydrogen) atoms. The van der Waals surface area contributed by atoms with E-state index in [-0.39, 0.29) is 12.6 Å². The average Bonchev–Trinajstić information content (AvgIpc) is 2.81. The third-order valence-corrected chi connectivity index (χ3v) is 3.26. The normalized spacial score (nSPS) is 19.4. The summed E-state index contributed by atoms with van der Waals surface area (Å²) in [6.07, 6.45) is 5.03. The number of rotatable bonds is 5. The van der Waals surface area contributed by atoms with Crippen molar-refractivity contribution >= 4 is 0 Å². The van der Waals surface area contributed by atoms with Crippen LogP contribution in [0, 0.1) is 0 Å². The molecule has 1 unspecified atom stereocenters. The number of hydrogen-bond donors (Lipinski definition) is 2. The van der Waals surface area contributed by atoms with E-state index in [9.17, 15) is 5.11 Å². The van der Waals surface area contributed by atoms with Gasteiger partial charge in [0.1, 0.15) is 0 Å². The van der Waals surface area contributed by atoms with Gasteiger partial charge in [-0.05, 0) is 6.42 Å². The van der Waals surface area contributed by atoms with Gasteiger partial charge in [0.25, 0.3) is 0 Å². The summed E-state index contributed by atoms with van der Waals surface area (Å²) in [7, 11) is 0. The summed E-state index contributed by atoms with van der Waals surface area (Å²) in [6, 6.07) is 0.0997. The fraction of sp³-hybridized carbons (Fsp3) is 0.750. The smallest absolute Gasteiger partial charge is 0.0629 e. The molecule has 96 valence electrons. The lowest BCUT2D eigenvalue weighted by Crippen LogP contribution is -2.46. The predicted octanol–water partition coefficient (Wildman–Crippen LogP) is 0.232. The standard InChI is InChI=1S/C12H22N4O/c1-2-5-16-9-11(8-14-16)12(10-17)15-6-3-13-4-7-15/h8-9,12-13,17H,2-7,10H2,1H3. The topological polar surface area (TPSA) is 53.3 Å². The molecule has 0 bridgehead atoms. The molecule has 0 aromatic carbocycles. The fourth-order valence-electron chi connectivity index (χ4n) is 2.33. The van der Waals surface area contributed by atoms with E-state index < -0.39 is 0 Å². The highest BCUT2D eigenvalue weighted by Gasteiger charge is 2.22. The number of nitrogens with one attached hydrogen (secondary N) is 1. The minimum atomic E-state index is 0.0997. The van der Waals surface area contributed by atoms with Gasteiger partial charge in [-0.15, -0.1) is 0 Å². The van der Waals surface area contributed by atoms with Crippen LogP contribution in [0.15, 0.2) is 12.4 Å². The van der Waals surface area contributed by atoms with Crippen molar-refractivity contribution in [3.05, 3.63) is 18.0 Å². The van der Waals surface area contributed by atoms with Crippen LogP contribution < -0.4 is 5.32 Å². The summed E-state index contributed by atoms with van der Waals surface area (Å²) in [4.78, 5) is 2.32. The average molecular weight is 238 g/mol. The first-order valence-corrected chi connectivity index (χ1v) is 6.43. The lowest BCUT2D eigenvalue weighted by atomic mass is 10.1. The Morgan fingerprint density at radius 1 is 1.47 bits per heavy atom. The van der Waals surface area contributed by atoms with Gasteiger partial charge in [-0.3, -0.25) is 9.58 Å². The Kier molecular flexibility index (Phi) is 4.53. The second kappa shape index (κ2) is 6.14. The minimum Gasteiger partial charge on any atom is -0.394 e. The van der Waals surface area contributed by atoms with E-state index in [1.165, 1.54) is 0 Å². The molecule has 2 heterocycles. The van der Waals surface area contributed by atoms with E-state index in [0.717, 1.165) is 44.7 Å². The number of aromatic nitrogens is 2. The number of nitrogens with zero attached hydrogens (tertiary/aromatic N) is 3. The maximum atomic E-state index is 9.57. The molecular formula is C12H22N4O. The van der Waals surface area contributed by atoms with Gasteiger partial charge in [0.05, 0.1) is 18.8 Å². The molecule has 1 aliphatic heterocycles. The Hall–Kier alpha value is -0.910. The number of aryl methyl sites for hydroxylation is 1. The van der Waals surface area contributed by atoms with Crippen molar-refractivity contribution in [1.29, 1.82) is 0 Å². The van der Waals surface area contributed by atoms with Crippen molar-refractivity contribution in [2.24, 2.45) is 0 Å². The van der Waals surface area contributed by atoms with Crippen molar-refractivity contribution in [3.63, 3.8) is 0 Å². The van der Waals surface area contributed by atoms with E-state index in [0.29, 0.717) is 0 Å². The fourth-order valence-corrected chi connectivity index (χ4v) is 2.33. The van der Waals surface area contributed by atoms with E-state index >= 15 is 0 Å². The molecule has 1 aromatic heterocycles. The first kappa shape index (κ1) is 12.5. The molecule has 0 aliphatic carbocycles. The summed E-state index contributed by atoms with van der Waals surface area (Å²) < 4.78 is 1.96. The van der Waals surface area contributed by atoms with Crippen LogP contribution in [-0.4, -0.2) is 52.6 Å². The van der Waals surface area contributed by atoms with E-state index in [4.69, 9.17) is 0 Å². The molecule has 2 rings (SSSR count). The zero-order chi connectivity index (χ0) is 12.1. The Balaban J connectivity index is 2.04. The molecule has 0 amide bonds. The molecule has 0 spiro atoms. The molecule has 1 aliphatic rings. The van der Waals surface area contributed by atoms with E-state index in [1.54, 1.807) is 0 Å². The zero-order valence-corrected chi connectivity index (χ0v) is 10.5. The van der Waals surface area contributed by atoms with Crippen LogP contribution in [0.1, 0.15) is 24.9 Å². The molecule has 5 heteroatoms. The summed E-state index contributed by atoms with van der Waals surface area (Å²) in [6.45, 7) is 7.23. The highest BCUT2D eigenvalue weighted by Crippen LogP contribution is 2.20. The second-order valence-corrected chi connectivity index (χ2v) is 4.52. The molecule has 1 atom stereocenters. The van der Waals surface area contributed by atoms with Gasteiger partial charge >= 0.3 is 0 Å². The Morgan fingerprint density at radius 2 is 2.24 bits per heavy atom. The van der Waals surface area contributed by atoms with Gasteiger partial charge in [-0.1, -0.05) is 6.92 Å². The van der Waals surface area contributed by atoms with E-state index in [2.05, 4.69) is 28.4 Å². The van der Waals surface area contributed by atoms with Crippen LogP contribution in [0.5, 0.6) is 0 Å². The Bertz CT molecular complexity index is 333. The third-order valence-electron chi connectivity index (χ3n) is 3.26. The van der Waals surface area contributed by atoms with E-state index in [1.807, 2.05) is 10.9 Å². The molecule has 1 aromatic rings. The monoisotopic (exact) mass is 238 g/mol. The summed E-state index contributed by atoms with van der Waals surface area (Å²) in [5.74, 6) is 0. The van der Waals surface area contributed by atoms with Gasteiger partial charge in [0, 0.05) is 44.5 Å². The van der Waals surface area contributed by atoms with Gasteiger partial charge < -0.3 is 10.4 Å². The molecule has 0 radical (unpaired) electrons. The quantitative estimate of drug-likeness (QED) is 0.771. The first-order chi connectivity index (χ1) is 8.35. The van der Waals surface area contributed by atoms with Crippen molar-refractivity contribution in [2.45, 2.75) is 25.9 Å². The molecular weight excluding hydrogens is 216 g/mol. The van der Waals surface area contributed by atoms with Crippen molar-refractivity contribution < 1.29 is 5.11 Å². The van der Waals surface area contributed by atoms with Crippen LogP contribution in [0.25, 0.3) is 0 Å². The maximum Gasteiger partial charge on any atom is 0.0629 e. The molecule has 0 saturated carbocycles. The maximum absolute atomic E-state index is 9.57. The molecule has 5 nitrogen and oxygen atoms in total. The third kappa shape index (κ3) is 3.06. The van der Waals surface area contributed by atoms with Crippen LogP contribution >= 0.6 is 0 Å². The molecule has 1 saturated heterocycles. The van der Waals surface area contributed by atoms with Gasteiger partial charge in [0.2, 0.25) is 0 Å². The van der Waals surface area contributed by atoms with Crippen LogP contribution in [0.4, 0.5) is 0 Å². The lowest BCUT2D eigenvalue weighted by Gasteiger charge is -2.33. The number of aliphatic hydroxyl groups is 1. The number of hydrogen-bond acceptors (Lipinski definition) is 4. The van der Waals surface area contributed by atoms with Crippen molar-refractivity contribution in [3.8, 4) is 0 Å². The van der Waals surface area contributed by atoms with Crippen molar-refractivity contribution in [1.82, 2.24) is 20.0 Å².